The third-order valence-corrected chi connectivity index (χ3v) is 5.59. The van der Waals surface area contributed by atoms with Crippen molar-refractivity contribution in [3.8, 4) is 10.6 Å². The number of benzene rings is 2. The number of nitrogens with zero attached hydrogens (tertiary/aromatic N) is 3. The first kappa shape index (κ1) is 21.1. The summed E-state index contributed by atoms with van der Waals surface area (Å²) < 4.78 is 0.919. The first-order chi connectivity index (χ1) is 14.1. The normalized spacial score (nSPS) is 10.6. The molecule has 1 N–H and O–H groups in total. The Hall–Kier alpha value is -2.58. The van der Waals surface area contributed by atoms with E-state index in [0.717, 1.165) is 21.5 Å². The maximum atomic E-state index is 12.7. The zero-order chi connectivity index (χ0) is 20.6. The van der Waals surface area contributed by atoms with Crippen LogP contribution in [0.2, 0.25) is 0 Å². The number of hydrogen-bond acceptors (Lipinski definition) is 5. The number of anilines is 1. The summed E-state index contributed by atoms with van der Waals surface area (Å²) in [5, 5.41) is 12.1. The van der Waals surface area contributed by atoms with Crippen molar-refractivity contribution in [1.29, 1.82) is 0 Å². The molecular weight excluding hydrogens is 452 g/mol. The molecule has 6 nitrogen and oxygen atoms in total. The maximum absolute atomic E-state index is 12.7. The van der Waals surface area contributed by atoms with Crippen LogP contribution in [0.5, 0.6) is 0 Å². The van der Waals surface area contributed by atoms with E-state index in [9.17, 15) is 9.59 Å². The number of rotatable bonds is 8. The fraction of sp³-hybridized carbons (Fsp3) is 0.238. The predicted molar refractivity (Wildman–Crippen MR) is 119 cm³/mol. The predicted octanol–water partition coefficient (Wildman–Crippen LogP) is 4.85. The van der Waals surface area contributed by atoms with Crippen molar-refractivity contribution in [2.24, 2.45) is 0 Å². The number of carbonyl (C=O) groups is 2. The second-order valence-electron chi connectivity index (χ2n) is 6.38. The topological polar surface area (TPSA) is 75.2 Å². The molecule has 1 aromatic heterocycles. The smallest absolute Gasteiger partial charge is 0.253 e. The van der Waals surface area contributed by atoms with Gasteiger partial charge in [0.25, 0.3) is 5.91 Å². The number of carbonyl (C=O) groups excluding carboxylic acids is 2. The molecule has 0 spiro atoms. The SMILES string of the molecule is CCCN(CCC(=O)Nc1nnc(-c2ccccc2)s1)C(=O)c1ccc(Br)cc1. The molecule has 0 bridgehead atoms. The van der Waals surface area contributed by atoms with E-state index in [2.05, 4.69) is 31.4 Å². The van der Waals surface area contributed by atoms with Gasteiger partial charge < -0.3 is 10.2 Å². The highest BCUT2D eigenvalue weighted by Crippen LogP contribution is 2.25. The second kappa shape index (κ2) is 10.3. The van der Waals surface area contributed by atoms with E-state index in [1.807, 2.05) is 49.4 Å². The summed E-state index contributed by atoms with van der Waals surface area (Å²) >= 11 is 4.70. The number of amides is 2. The van der Waals surface area contributed by atoms with Crippen LogP contribution in [0.15, 0.2) is 59.1 Å². The van der Waals surface area contributed by atoms with Crippen LogP contribution in [0.25, 0.3) is 10.6 Å². The minimum atomic E-state index is -0.189. The quantitative estimate of drug-likeness (QED) is 0.508. The van der Waals surface area contributed by atoms with Crippen LogP contribution in [0.4, 0.5) is 5.13 Å². The Bertz CT molecular complexity index is 960. The van der Waals surface area contributed by atoms with Crippen LogP contribution in [0.1, 0.15) is 30.1 Å². The molecule has 2 aromatic carbocycles. The van der Waals surface area contributed by atoms with Crippen LogP contribution in [-0.4, -0.2) is 40.0 Å². The monoisotopic (exact) mass is 472 g/mol. The summed E-state index contributed by atoms with van der Waals surface area (Å²) in [5.74, 6) is -0.264. The second-order valence-corrected chi connectivity index (χ2v) is 8.27. The van der Waals surface area contributed by atoms with Gasteiger partial charge in [0.1, 0.15) is 5.01 Å². The fourth-order valence-electron chi connectivity index (χ4n) is 2.75. The van der Waals surface area contributed by atoms with Crippen LogP contribution in [0.3, 0.4) is 0 Å². The number of nitrogens with one attached hydrogen (secondary N) is 1. The molecule has 0 aliphatic rings. The van der Waals surface area contributed by atoms with Gasteiger partial charge in [0.2, 0.25) is 11.0 Å². The Morgan fingerprint density at radius 3 is 2.45 bits per heavy atom. The molecule has 3 aromatic rings. The molecule has 1 heterocycles. The van der Waals surface area contributed by atoms with Gasteiger partial charge in [-0.3, -0.25) is 9.59 Å². The molecule has 0 fully saturated rings. The molecular formula is C21H21BrN4O2S. The third kappa shape index (κ3) is 5.95. The average molecular weight is 473 g/mol. The van der Waals surface area contributed by atoms with E-state index in [4.69, 9.17) is 0 Å². The molecule has 0 aliphatic carbocycles. The van der Waals surface area contributed by atoms with Crippen molar-refractivity contribution < 1.29 is 9.59 Å². The number of halogens is 1. The van der Waals surface area contributed by atoms with Crippen molar-refractivity contribution in [1.82, 2.24) is 15.1 Å². The van der Waals surface area contributed by atoms with Crippen molar-refractivity contribution in [2.45, 2.75) is 19.8 Å². The summed E-state index contributed by atoms with van der Waals surface area (Å²) in [7, 11) is 0. The van der Waals surface area contributed by atoms with Crippen LogP contribution in [-0.2, 0) is 4.79 Å². The minimum Gasteiger partial charge on any atom is -0.338 e. The highest BCUT2D eigenvalue weighted by Gasteiger charge is 2.17. The van der Waals surface area contributed by atoms with E-state index in [0.29, 0.717) is 23.8 Å². The fourth-order valence-corrected chi connectivity index (χ4v) is 3.78. The van der Waals surface area contributed by atoms with Gasteiger partial charge >= 0.3 is 0 Å². The van der Waals surface area contributed by atoms with E-state index in [-0.39, 0.29) is 18.2 Å². The number of hydrogen-bond donors (Lipinski definition) is 1. The molecule has 0 radical (unpaired) electrons. The average Bonchev–Trinajstić information content (AvgIpc) is 3.20. The molecule has 29 heavy (non-hydrogen) atoms. The van der Waals surface area contributed by atoms with Crippen molar-refractivity contribution in [2.75, 3.05) is 18.4 Å². The van der Waals surface area contributed by atoms with Crippen LogP contribution in [0, 0.1) is 0 Å². The molecule has 0 aliphatic heterocycles. The summed E-state index contributed by atoms with van der Waals surface area (Å²) in [6.07, 6.45) is 1.02. The maximum Gasteiger partial charge on any atom is 0.253 e. The van der Waals surface area contributed by atoms with Gasteiger partial charge in [-0.2, -0.15) is 0 Å². The standard InChI is InChI=1S/C21H21BrN4O2S/c1-2-13-26(20(28)16-8-10-17(22)11-9-16)14-12-18(27)23-21-25-24-19(29-21)15-6-4-3-5-7-15/h3-11H,2,12-14H2,1H3,(H,23,25,27). The van der Waals surface area contributed by atoms with Crippen LogP contribution >= 0.6 is 27.3 Å². The zero-order valence-electron chi connectivity index (χ0n) is 16.0. The van der Waals surface area contributed by atoms with Gasteiger partial charge in [-0.1, -0.05) is 64.5 Å². The highest BCUT2D eigenvalue weighted by molar-refractivity contribution is 9.10. The molecule has 0 saturated carbocycles. The van der Waals surface area contributed by atoms with Crippen molar-refractivity contribution >= 4 is 44.2 Å². The van der Waals surface area contributed by atoms with Gasteiger partial charge in [0.05, 0.1) is 0 Å². The minimum absolute atomic E-state index is 0.0746. The first-order valence-corrected chi connectivity index (χ1v) is 10.9. The molecule has 8 heteroatoms. The van der Waals surface area contributed by atoms with Gasteiger partial charge in [0, 0.05) is 35.1 Å². The van der Waals surface area contributed by atoms with Gasteiger partial charge in [-0.25, -0.2) is 0 Å². The molecule has 0 unspecified atom stereocenters. The lowest BCUT2D eigenvalue weighted by Gasteiger charge is -2.22. The highest BCUT2D eigenvalue weighted by atomic mass is 79.9. The zero-order valence-corrected chi connectivity index (χ0v) is 18.4. The third-order valence-electron chi connectivity index (χ3n) is 4.17. The number of aromatic nitrogens is 2. The molecule has 2 amide bonds. The van der Waals surface area contributed by atoms with E-state index >= 15 is 0 Å². The van der Waals surface area contributed by atoms with Crippen molar-refractivity contribution in [3.63, 3.8) is 0 Å². The van der Waals surface area contributed by atoms with E-state index < -0.39 is 0 Å². The van der Waals surface area contributed by atoms with Crippen molar-refractivity contribution in [3.05, 3.63) is 64.6 Å². The summed E-state index contributed by atoms with van der Waals surface area (Å²) in [4.78, 5) is 26.8. The molecule has 3 rings (SSSR count). The Morgan fingerprint density at radius 1 is 1.03 bits per heavy atom. The first-order valence-electron chi connectivity index (χ1n) is 9.30. The lowest BCUT2D eigenvalue weighted by Crippen LogP contribution is -2.34. The summed E-state index contributed by atoms with van der Waals surface area (Å²) in [6.45, 7) is 2.95. The molecule has 0 saturated heterocycles. The Kier molecular flexibility index (Phi) is 7.48. The van der Waals surface area contributed by atoms with Gasteiger partial charge in [-0.05, 0) is 30.7 Å². The Morgan fingerprint density at radius 2 is 1.76 bits per heavy atom. The van der Waals surface area contributed by atoms with E-state index in [1.54, 1.807) is 17.0 Å². The molecule has 150 valence electrons. The van der Waals surface area contributed by atoms with Gasteiger partial charge in [-0.15, -0.1) is 10.2 Å². The van der Waals surface area contributed by atoms with Crippen LogP contribution < -0.4 is 5.32 Å². The van der Waals surface area contributed by atoms with Gasteiger partial charge in [0.15, 0.2) is 0 Å². The van der Waals surface area contributed by atoms with E-state index in [1.165, 1.54) is 11.3 Å². The lowest BCUT2D eigenvalue weighted by atomic mass is 10.2. The summed E-state index contributed by atoms with van der Waals surface area (Å²) in [5.41, 5.74) is 1.57. The summed E-state index contributed by atoms with van der Waals surface area (Å²) in [6, 6.07) is 16.9. The largest absolute Gasteiger partial charge is 0.338 e. The lowest BCUT2D eigenvalue weighted by molar-refractivity contribution is -0.116. The molecule has 0 atom stereocenters. The Labute approximate surface area is 182 Å². The Balaban J connectivity index is 1.57.